The minimum Gasteiger partial charge on any atom is -0.350 e. The van der Waals surface area contributed by atoms with Gasteiger partial charge in [0.25, 0.3) is 5.91 Å². The van der Waals surface area contributed by atoms with Crippen molar-refractivity contribution < 1.29 is 4.79 Å². The van der Waals surface area contributed by atoms with Gasteiger partial charge in [-0.25, -0.2) is 0 Å². The molecular formula is C36H43N3O. The Kier molecular flexibility index (Phi) is 10.5. The summed E-state index contributed by atoms with van der Waals surface area (Å²) in [5.41, 5.74) is 13.9. The van der Waals surface area contributed by atoms with E-state index in [2.05, 4.69) is 124 Å². The van der Waals surface area contributed by atoms with E-state index in [1.807, 2.05) is 18.2 Å². The third kappa shape index (κ3) is 6.70. The zero-order valence-corrected chi connectivity index (χ0v) is 24.6. The topological polar surface area (TPSA) is 70.9 Å². The molecule has 4 nitrogen and oxygen atoms in total. The second-order valence-electron chi connectivity index (χ2n) is 10.6. The maximum absolute atomic E-state index is 13.6. The van der Waals surface area contributed by atoms with E-state index < -0.39 is 0 Å². The van der Waals surface area contributed by atoms with Crippen molar-refractivity contribution in [2.75, 3.05) is 7.05 Å². The first-order chi connectivity index (χ1) is 19.3. The Hall–Kier alpha value is -4.15. The molecule has 1 aliphatic carbocycles. The van der Waals surface area contributed by atoms with Crippen molar-refractivity contribution in [3.8, 4) is 22.3 Å². The van der Waals surface area contributed by atoms with Gasteiger partial charge in [-0.05, 0) is 71.7 Å². The molecule has 4 aromatic rings. The Morgan fingerprint density at radius 3 is 2.12 bits per heavy atom. The second-order valence-corrected chi connectivity index (χ2v) is 10.6. The Morgan fingerprint density at radius 2 is 1.50 bits per heavy atom. The molecule has 0 unspecified atom stereocenters. The van der Waals surface area contributed by atoms with Crippen molar-refractivity contribution in [3.63, 3.8) is 0 Å². The Labute approximate surface area is 239 Å². The van der Waals surface area contributed by atoms with Crippen LogP contribution in [0.2, 0.25) is 0 Å². The van der Waals surface area contributed by atoms with E-state index in [1.54, 1.807) is 0 Å². The molecule has 0 radical (unpaired) electrons. The van der Waals surface area contributed by atoms with Crippen LogP contribution < -0.4 is 11.1 Å². The van der Waals surface area contributed by atoms with E-state index in [1.165, 1.54) is 23.7 Å². The van der Waals surface area contributed by atoms with E-state index in [-0.39, 0.29) is 11.3 Å². The van der Waals surface area contributed by atoms with Gasteiger partial charge in [-0.2, -0.15) is 0 Å². The molecule has 1 heterocycles. The second kappa shape index (κ2) is 13.8. The van der Waals surface area contributed by atoms with Gasteiger partial charge in [0, 0.05) is 22.2 Å². The standard InChI is InChI=1S/C33H34N2O.C2H4.CH5N/c1-5-22-11-9-10-14-28(22)35-32(36)31-30(24-12-7-6-8-13-24)27-21-25(17-20-29(27)34-31)23-15-18-26(19-16-23)33(2,3)4;2*1-2/h6-8,11-21,34H,5,9-10H2,1-4H3,(H,35,36);1-2H2;2H2,1H3. The van der Waals surface area contributed by atoms with Gasteiger partial charge < -0.3 is 16.0 Å². The van der Waals surface area contributed by atoms with Crippen molar-refractivity contribution in [1.82, 2.24) is 10.3 Å². The molecule has 0 saturated carbocycles. The van der Waals surface area contributed by atoms with Crippen LogP contribution in [0.25, 0.3) is 33.2 Å². The fourth-order valence-electron chi connectivity index (χ4n) is 4.99. The number of allylic oxidation sites excluding steroid dienone is 3. The largest absolute Gasteiger partial charge is 0.350 e. The molecule has 1 aromatic heterocycles. The van der Waals surface area contributed by atoms with E-state index in [0.29, 0.717) is 5.69 Å². The summed E-state index contributed by atoms with van der Waals surface area (Å²) >= 11 is 0. The van der Waals surface area contributed by atoms with Crippen LogP contribution in [-0.2, 0) is 5.41 Å². The summed E-state index contributed by atoms with van der Waals surface area (Å²) in [7, 11) is 1.50. The predicted octanol–water partition coefficient (Wildman–Crippen LogP) is 8.92. The van der Waals surface area contributed by atoms with E-state index in [9.17, 15) is 4.79 Å². The average Bonchev–Trinajstić information content (AvgIpc) is 3.39. The fraction of sp³-hybridized carbons (Fsp3) is 0.250. The van der Waals surface area contributed by atoms with Crippen LogP contribution in [0.1, 0.15) is 63.0 Å². The molecule has 3 aromatic carbocycles. The molecule has 1 aliphatic rings. The molecule has 0 fully saturated rings. The highest BCUT2D eigenvalue weighted by molar-refractivity contribution is 6.11. The molecule has 208 valence electrons. The third-order valence-corrected chi connectivity index (χ3v) is 7.05. The SMILES string of the molecule is C=C.CCC1=CCCC=C1NC(=O)c1[nH]c2ccc(-c3ccc(C(C)(C)C)cc3)cc2c1-c1ccccc1.CN. The molecule has 40 heavy (non-hydrogen) atoms. The number of fused-ring (bicyclic) bond motifs is 1. The van der Waals surface area contributed by atoms with E-state index in [4.69, 9.17) is 0 Å². The van der Waals surface area contributed by atoms with Crippen molar-refractivity contribution in [2.45, 2.75) is 52.4 Å². The molecule has 1 amide bonds. The summed E-state index contributed by atoms with van der Waals surface area (Å²) in [6, 6.07) is 25.4. The number of nitrogens with one attached hydrogen (secondary N) is 2. The number of benzene rings is 3. The number of H-pyrrole nitrogens is 1. The lowest BCUT2D eigenvalue weighted by Gasteiger charge is -2.19. The van der Waals surface area contributed by atoms with Crippen molar-refractivity contribution in [2.24, 2.45) is 5.73 Å². The molecule has 4 N–H and O–H groups in total. The number of nitrogens with two attached hydrogens (primary N) is 1. The minimum absolute atomic E-state index is 0.103. The highest BCUT2D eigenvalue weighted by atomic mass is 16.1. The Morgan fingerprint density at radius 1 is 0.875 bits per heavy atom. The fourth-order valence-corrected chi connectivity index (χ4v) is 4.99. The van der Waals surface area contributed by atoms with Crippen LogP contribution in [-0.4, -0.2) is 17.9 Å². The summed E-state index contributed by atoms with van der Waals surface area (Å²) in [6.07, 6.45) is 7.26. The van der Waals surface area contributed by atoms with Crippen LogP contribution in [0.15, 0.2) is 109 Å². The molecule has 4 heteroatoms. The first-order valence-electron chi connectivity index (χ1n) is 14.0. The number of carbonyl (C=O) groups excluding carboxylic acids is 1. The van der Waals surface area contributed by atoms with Crippen LogP contribution in [0.5, 0.6) is 0 Å². The molecule has 0 saturated heterocycles. The number of aromatic nitrogens is 1. The van der Waals surface area contributed by atoms with Crippen LogP contribution >= 0.6 is 0 Å². The normalized spacial score (nSPS) is 12.8. The number of hydrogen-bond donors (Lipinski definition) is 3. The molecule has 0 bridgehead atoms. The van der Waals surface area contributed by atoms with Gasteiger partial charge in [0.05, 0.1) is 0 Å². The monoisotopic (exact) mass is 533 g/mol. The number of amides is 1. The van der Waals surface area contributed by atoms with Gasteiger partial charge >= 0.3 is 0 Å². The quantitative estimate of drug-likeness (QED) is 0.224. The maximum Gasteiger partial charge on any atom is 0.272 e. The molecule has 0 atom stereocenters. The van der Waals surface area contributed by atoms with Gasteiger partial charge in [0.15, 0.2) is 0 Å². The first-order valence-corrected chi connectivity index (χ1v) is 14.0. The van der Waals surface area contributed by atoms with E-state index >= 15 is 0 Å². The highest BCUT2D eigenvalue weighted by Crippen LogP contribution is 2.36. The number of hydrogen-bond acceptors (Lipinski definition) is 2. The summed E-state index contributed by atoms with van der Waals surface area (Å²) in [5.74, 6) is -0.103. The smallest absolute Gasteiger partial charge is 0.272 e. The first kappa shape index (κ1) is 30.4. The van der Waals surface area contributed by atoms with Gasteiger partial charge in [0.1, 0.15) is 5.69 Å². The Balaban J connectivity index is 0.00000106. The average molecular weight is 534 g/mol. The zero-order chi connectivity index (χ0) is 29.3. The van der Waals surface area contributed by atoms with Gasteiger partial charge in [0.2, 0.25) is 0 Å². The van der Waals surface area contributed by atoms with Crippen LogP contribution in [0, 0.1) is 0 Å². The van der Waals surface area contributed by atoms with E-state index in [0.717, 1.165) is 52.6 Å². The van der Waals surface area contributed by atoms with Gasteiger partial charge in [-0.3, -0.25) is 4.79 Å². The summed E-state index contributed by atoms with van der Waals surface area (Å²) < 4.78 is 0. The lowest BCUT2D eigenvalue weighted by molar-refractivity contribution is 0.0962. The lowest BCUT2D eigenvalue weighted by Crippen LogP contribution is -2.25. The number of aromatic amines is 1. The minimum atomic E-state index is -0.103. The summed E-state index contributed by atoms with van der Waals surface area (Å²) in [5, 5.41) is 4.25. The maximum atomic E-state index is 13.6. The molecule has 5 rings (SSSR count). The zero-order valence-electron chi connectivity index (χ0n) is 24.6. The van der Waals surface area contributed by atoms with Gasteiger partial charge in [-0.1, -0.05) is 101 Å². The third-order valence-electron chi connectivity index (χ3n) is 7.05. The number of carbonyl (C=O) groups is 1. The summed E-state index contributed by atoms with van der Waals surface area (Å²) in [4.78, 5) is 17.0. The number of rotatable bonds is 5. The van der Waals surface area contributed by atoms with Crippen LogP contribution in [0.4, 0.5) is 0 Å². The highest BCUT2D eigenvalue weighted by Gasteiger charge is 2.22. The van der Waals surface area contributed by atoms with Gasteiger partial charge in [-0.15, -0.1) is 13.2 Å². The van der Waals surface area contributed by atoms with Crippen molar-refractivity contribution in [3.05, 3.63) is 121 Å². The molecule has 0 spiro atoms. The predicted molar refractivity (Wildman–Crippen MR) is 172 cm³/mol. The lowest BCUT2D eigenvalue weighted by atomic mass is 9.86. The molecular weight excluding hydrogens is 490 g/mol. The van der Waals surface area contributed by atoms with Crippen molar-refractivity contribution in [1.29, 1.82) is 0 Å². The van der Waals surface area contributed by atoms with Crippen molar-refractivity contribution >= 4 is 16.8 Å². The molecule has 0 aliphatic heterocycles. The van der Waals surface area contributed by atoms with Crippen LogP contribution in [0.3, 0.4) is 0 Å². The Bertz CT molecular complexity index is 1480. The summed E-state index contributed by atoms with van der Waals surface area (Å²) in [6.45, 7) is 14.8.